The number of aromatic nitrogens is 2. The summed E-state index contributed by atoms with van der Waals surface area (Å²) in [4.78, 5) is 16.8. The average Bonchev–Trinajstić information content (AvgIpc) is 2.86. The highest BCUT2D eigenvalue weighted by atomic mass is 16.2. The van der Waals surface area contributed by atoms with Gasteiger partial charge in [-0.1, -0.05) is 31.2 Å². The maximum absolute atomic E-state index is 12.4. The van der Waals surface area contributed by atoms with Crippen molar-refractivity contribution in [3.8, 4) is 6.07 Å². The van der Waals surface area contributed by atoms with Crippen LogP contribution in [0.5, 0.6) is 0 Å². The number of nitrogens with zero attached hydrogens (tertiary/aromatic N) is 3. The van der Waals surface area contributed by atoms with Gasteiger partial charge in [0.1, 0.15) is 18.4 Å². The summed E-state index contributed by atoms with van der Waals surface area (Å²) in [5, 5.41) is 13.1. The van der Waals surface area contributed by atoms with Gasteiger partial charge in [0.2, 0.25) is 5.91 Å². The van der Waals surface area contributed by atoms with E-state index in [1.54, 1.807) is 6.07 Å². The SMILES string of the molecule is CCc1cccc(NC(=O)Cn2c(C)c(C#N)c3ccccc32)n1. The number of hydrogen-bond donors (Lipinski definition) is 1. The number of carbonyl (C=O) groups is 1. The van der Waals surface area contributed by atoms with Gasteiger partial charge in [-0.2, -0.15) is 5.26 Å². The molecule has 1 amide bonds. The molecule has 2 aromatic heterocycles. The molecule has 5 nitrogen and oxygen atoms in total. The van der Waals surface area contributed by atoms with Crippen LogP contribution in [0.2, 0.25) is 0 Å². The van der Waals surface area contributed by atoms with Crippen molar-refractivity contribution in [1.82, 2.24) is 9.55 Å². The second-order valence-electron chi connectivity index (χ2n) is 5.59. The van der Waals surface area contributed by atoms with Gasteiger partial charge in [0, 0.05) is 16.8 Å². The largest absolute Gasteiger partial charge is 0.334 e. The summed E-state index contributed by atoms with van der Waals surface area (Å²) in [6.07, 6.45) is 0.816. The van der Waals surface area contributed by atoms with E-state index in [9.17, 15) is 10.1 Å². The van der Waals surface area contributed by atoms with Crippen LogP contribution in [0.3, 0.4) is 0 Å². The lowest BCUT2D eigenvalue weighted by molar-refractivity contribution is -0.116. The molecule has 0 aliphatic heterocycles. The van der Waals surface area contributed by atoms with Gasteiger partial charge >= 0.3 is 0 Å². The summed E-state index contributed by atoms with van der Waals surface area (Å²) in [6, 6.07) is 15.4. The Labute approximate surface area is 140 Å². The van der Waals surface area contributed by atoms with Crippen molar-refractivity contribution in [2.45, 2.75) is 26.8 Å². The van der Waals surface area contributed by atoms with Crippen molar-refractivity contribution in [2.24, 2.45) is 0 Å². The van der Waals surface area contributed by atoms with Crippen LogP contribution < -0.4 is 5.32 Å². The first-order valence-corrected chi connectivity index (χ1v) is 7.87. The molecule has 0 aliphatic carbocycles. The lowest BCUT2D eigenvalue weighted by Gasteiger charge is -2.09. The van der Waals surface area contributed by atoms with Crippen LogP contribution >= 0.6 is 0 Å². The first kappa shape index (κ1) is 15.8. The van der Waals surface area contributed by atoms with Crippen LogP contribution in [0, 0.1) is 18.3 Å². The Hall–Kier alpha value is -3.13. The molecule has 1 aromatic carbocycles. The molecular weight excluding hydrogens is 300 g/mol. The number of aryl methyl sites for hydroxylation is 1. The van der Waals surface area contributed by atoms with Crippen molar-refractivity contribution in [1.29, 1.82) is 5.26 Å². The number of anilines is 1. The first-order chi connectivity index (χ1) is 11.6. The maximum atomic E-state index is 12.4. The van der Waals surface area contributed by atoms with Crippen molar-refractivity contribution < 1.29 is 4.79 Å². The molecule has 0 spiro atoms. The number of carbonyl (C=O) groups excluding carboxylic acids is 1. The molecule has 0 fully saturated rings. The fraction of sp³-hybridized carbons (Fsp3) is 0.211. The van der Waals surface area contributed by atoms with E-state index in [1.807, 2.05) is 54.8 Å². The zero-order chi connectivity index (χ0) is 17.1. The molecule has 0 saturated heterocycles. The van der Waals surface area contributed by atoms with Crippen LogP contribution in [-0.4, -0.2) is 15.5 Å². The van der Waals surface area contributed by atoms with Crippen molar-refractivity contribution in [3.05, 3.63) is 59.4 Å². The summed E-state index contributed by atoms with van der Waals surface area (Å²) < 4.78 is 1.87. The number of rotatable bonds is 4. The number of hydrogen-bond acceptors (Lipinski definition) is 3. The molecule has 0 atom stereocenters. The molecule has 5 heteroatoms. The second kappa shape index (κ2) is 6.55. The maximum Gasteiger partial charge on any atom is 0.245 e. The van der Waals surface area contributed by atoms with Gasteiger partial charge < -0.3 is 9.88 Å². The second-order valence-corrected chi connectivity index (χ2v) is 5.59. The summed E-state index contributed by atoms with van der Waals surface area (Å²) in [7, 11) is 0. The number of para-hydroxylation sites is 1. The Bertz CT molecular complexity index is 950. The Kier molecular flexibility index (Phi) is 4.30. The molecule has 0 bridgehead atoms. The third-order valence-electron chi connectivity index (χ3n) is 4.08. The van der Waals surface area contributed by atoms with E-state index in [0.717, 1.165) is 28.7 Å². The fourth-order valence-corrected chi connectivity index (χ4v) is 2.85. The van der Waals surface area contributed by atoms with E-state index >= 15 is 0 Å². The van der Waals surface area contributed by atoms with Gasteiger partial charge in [-0.15, -0.1) is 0 Å². The molecule has 0 saturated carbocycles. The van der Waals surface area contributed by atoms with Gasteiger partial charge in [-0.3, -0.25) is 4.79 Å². The van der Waals surface area contributed by atoms with Gasteiger partial charge in [0.15, 0.2) is 0 Å². The summed E-state index contributed by atoms with van der Waals surface area (Å²) in [5.74, 6) is 0.387. The molecular formula is C19H18N4O. The minimum atomic E-state index is -0.163. The Morgan fingerprint density at radius 3 is 2.79 bits per heavy atom. The van der Waals surface area contributed by atoms with E-state index in [4.69, 9.17) is 0 Å². The fourth-order valence-electron chi connectivity index (χ4n) is 2.85. The van der Waals surface area contributed by atoms with E-state index in [-0.39, 0.29) is 12.5 Å². The normalized spacial score (nSPS) is 10.5. The van der Waals surface area contributed by atoms with Crippen molar-refractivity contribution >= 4 is 22.6 Å². The molecule has 3 rings (SSSR count). The number of fused-ring (bicyclic) bond motifs is 1. The van der Waals surface area contributed by atoms with Gasteiger partial charge in [0.25, 0.3) is 0 Å². The zero-order valence-corrected chi connectivity index (χ0v) is 13.7. The van der Waals surface area contributed by atoms with Crippen LogP contribution in [0.4, 0.5) is 5.82 Å². The Morgan fingerprint density at radius 2 is 2.04 bits per heavy atom. The van der Waals surface area contributed by atoms with Crippen molar-refractivity contribution in [3.63, 3.8) is 0 Å². The molecule has 0 unspecified atom stereocenters. The minimum absolute atomic E-state index is 0.145. The highest BCUT2D eigenvalue weighted by molar-refractivity contribution is 5.93. The third kappa shape index (κ3) is 2.86. The zero-order valence-electron chi connectivity index (χ0n) is 13.7. The van der Waals surface area contributed by atoms with Crippen LogP contribution in [0.15, 0.2) is 42.5 Å². The van der Waals surface area contributed by atoms with Gasteiger partial charge in [-0.25, -0.2) is 4.98 Å². The van der Waals surface area contributed by atoms with Gasteiger partial charge in [-0.05, 0) is 31.5 Å². The Morgan fingerprint density at radius 1 is 1.25 bits per heavy atom. The van der Waals surface area contributed by atoms with Crippen LogP contribution in [-0.2, 0) is 17.8 Å². The molecule has 2 heterocycles. The minimum Gasteiger partial charge on any atom is -0.334 e. The molecule has 0 radical (unpaired) electrons. The standard InChI is InChI=1S/C19H18N4O/c1-3-14-7-6-10-18(21-14)22-19(24)12-23-13(2)16(11-20)15-8-4-5-9-17(15)23/h4-10H,3,12H2,1-2H3,(H,21,22,24). The number of amides is 1. The lowest BCUT2D eigenvalue weighted by atomic mass is 10.1. The van der Waals surface area contributed by atoms with E-state index in [2.05, 4.69) is 16.4 Å². The van der Waals surface area contributed by atoms with E-state index in [1.165, 1.54) is 0 Å². The summed E-state index contributed by atoms with van der Waals surface area (Å²) in [6.45, 7) is 4.03. The molecule has 24 heavy (non-hydrogen) atoms. The highest BCUT2D eigenvalue weighted by Crippen LogP contribution is 2.25. The number of nitriles is 1. The topological polar surface area (TPSA) is 70.7 Å². The van der Waals surface area contributed by atoms with E-state index in [0.29, 0.717) is 11.4 Å². The van der Waals surface area contributed by atoms with Gasteiger partial charge in [0.05, 0.1) is 11.1 Å². The highest BCUT2D eigenvalue weighted by Gasteiger charge is 2.15. The number of nitrogens with one attached hydrogen (secondary N) is 1. The average molecular weight is 318 g/mol. The third-order valence-corrected chi connectivity index (χ3v) is 4.08. The quantitative estimate of drug-likeness (QED) is 0.801. The first-order valence-electron chi connectivity index (χ1n) is 7.87. The molecule has 1 N–H and O–H groups in total. The lowest BCUT2D eigenvalue weighted by Crippen LogP contribution is -2.20. The molecule has 0 aliphatic rings. The monoisotopic (exact) mass is 318 g/mol. The number of benzene rings is 1. The molecule has 120 valence electrons. The Balaban J connectivity index is 1.88. The predicted octanol–water partition coefficient (Wildman–Crippen LogP) is 3.42. The van der Waals surface area contributed by atoms with Crippen LogP contribution in [0.25, 0.3) is 10.9 Å². The molecule has 3 aromatic rings. The van der Waals surface area contributed by atoms with E-state index < -0.39 is 0 Å². The predicted molar refractivity (Wildman–Crippen MR) is 93.6 cm³/mol. The van der Waals surface area contributed by atoms with Crippen LogP contribution in [0.1, 0.15) is 23.9 Å². The summed E-state index contributed by atoms with van der Waals surface area (Å²) >= 11 is 0. The smallest absolute Gasteiger partial charge is 0.245 e. The van der Waals surface area contributed by atoms with Crippen molar-refractivity contribution in [2.75, 3.05) is 5.32 Å². The number of pyridine rings is 1. The summed E-state index contributed by atoms with van der Waals surface area (Å²) in [5.41, 5.74) is 3.23.